The Labute approximate surface area is 154 Å². The van der Waals surface area contributed by atoms with E-state index in [0.29, 0.717) is 6.04 Å². The maximum atomic E-state index is 12.5. The minimum absolute atomic E-state index is 0. The number of amides is 1. The van der Waals surface area contributed by atoms with Gasteiger partial charge < -0.3 is 11.1 Å². The van der Waals surface area contributed by atoms with Gasteiger partial charge in [-0.2, -0.15) is 0 Å². The zero-order chi connectivity index (χ0) is 15.5. The molecule has 0 radical (unpaired) electrons. The van der Waals surface area contributed by atoms with E-state index in [9.17, 15) is 4.79 Å². The number of hydrogen-bond donors (Lipinski definition) is 2. The van der Waals surface area contributed by atoms with Crippen LogP contribution in [0.3, 0.4) is 0 Å². The second-order valence-electron chi connectivity index (χ2n) is 7.64. The summed E-state index contributed by atoms with van der Waals surface area (Å²) in [5, 5.41) is 3.16. The highest BCUT2D eigenvalue weighted by molar-refractivity contribution is 5.85. The fourth-order valence-electron chi connectivity index (χ4n) is 3.92. The van der Waals surface area contributed by atoms with Crippen LogP contribution in [0.1, 0.15) is 59.3 Å². The van der Waals surface area contributed by atoms with Gasteiger partial charge in [0.15, 0.2) is 0 Å². The summed E-state index contributed by atoms with van der Waals surface area (Å²) in [6, 6.07) is 0.421. The summed E-state index contributed by atoms with van der Waals surface area (Å²) in [4.78, 5) is 15.0. The molecule has 0 aromatic carbocycles. The molecule has 0 spiro atoms. The average molecular weight is 368 g/mol. The van der Waals surface area contributed by atoms with Crippen molar-refractivity contribution >= 4 is 30.7 Å². The molecule has 1 aliphatic carbocycles. The summed E-state index contributed by atoms with van der Waals surface area (Å²) in [5.74, 6) is 0.929. The van der Waals surface area contributed by atoms with Gasteiger partial charge in [-0.3, -0.25) is 9.69 Å². The fraction of sp³-hybridized carbons (Fsp3) is 0.941. The van der Waals surface area contributed by atoms with Gasteiger partial charge in [-0.25, -0.2) is 0 Å². The van der Waals surface area contributed by atoms with Crippen LogP contribution < -0.4 is 11.1 Å². The predicted molar refractivity (Wildman–Crippen MR) is 101 cm³/mol. The van der Waals surface area contributed by atoms with Gasteiger partial charge in [-0.05, 0) is 52.0 Å². The van der Waals surface area contributed by atoms with Gasteiger partial charge in [0.05, 0.1) is 5.92 Å². The first-order valence-electron chi connectivity index (χ1n) is 8.71. The zero-order valence-corrected chi connectivity index (χ0v) is 16.5. The number of carbonyl (C=O) groups is 1. The summed E-state index contributed by atoms with van der Waals surface area (Å²) >= 11 is 0. The fourth-order valence-corrected chi connectivity index (χ4v) is 3.92. The molecule has 0 aromatic heterocycles. The SMILES string of the molecule is CC1CCCN(C(C)CNC(=O)C2CCCCC2(C)N)C1.Cl.Cl. The molecule has 1 heterocycles. The average Bonchev–Trinajstić information content (AvgIpc) is 2.44. The van der Waals surface area contributed by atoms with E-state index in [1.54, 1.807) is 0 Å². The molecular formula is C17H35Cl2N3O. The molecule has 4 atom stereocenters. The van der Waals surface area contributed by atoms with E-state index in [-0.39, 0.29) is 42.2 Å². The smallest absolute Gasteiger partial charge is 0.225 e. The lowest BCUT2D eigenvalue weighted by Crippen LogP contribution is -2.54. The summed E-state index contributed by atoms with van der Waals surface area (Å²) in [7, 11) is 0. The molecule has 6 heteroatoms. The predicted octanol–water partition coefficient (Wildman–Crippen LogP) is 2.97. The molecule has 2 rings (SSSR count). The number of nitrogens with zero attached hydrogens (tertiary/aromatic N) is 1. The van der Waals surface area contributed by atoms with E-state index in [1.807, 2.05) is 6.92 Å². The second-order valence-corrected chi connectivity index (χ2v) is 7.64. The van der Waals surface area contributed by atoms with Crippen molar-refractivity contribution in [2.45, 2.75) is 70.9 Å². The number of hydrogen-bond acceptors (Lipinski definition) is 3. The standard InChI is InChI=1S/C17H33N3O.2ClH/c1-13-7-6-10-20(12-13)14(2)11-19-16(21)15-8-4-5-9-17(15,3)18;;/h13-15H,4-12,18H2,1-3H3,(H,19,21);2*1H. The minimum atomic E-state index is -0.328. The monoisotopic (exact) mass is 367 g/mol. The van der Waals surface area contributed by atoms with Crippen molar-refractivity contribution < 1.29 is 4.79 Å². The molecule has 4 nitrogen and oxygen atoms in total. The summed E-state index contributed by atoms with van der Waals surface area (Å²) in [6.07, 6.45) is 6.80. The van der Waals surface area contributed by atoms with Crippen LogP contribution in [0, 0.1) is 11.8 Å². The molecule has 138 valence electrons. The third-order valence-electron chi connectivity index (χ3n) is 5.45. The molecule has 0 bridgehead atoms. The van der Waals surface area contributed by atoms with Crippen LogP contribution in [0.5, 0.6) is 0 Å². The number of likely N-dealkylation sites (tertiary alicyclic amines) is 1. The van der Waals surface area contributed by atoms with Gasteiger partial charge in [0, 0.05) is 24.7 Å². The lowest BCUT2D eigenvalue weighted by Gasteiger charge is -2.38. The highest BCUT2D eigenvalue weighted by Crippen LogP contribution is 2.31. The molecule has 3 N–H and O–H groups in total. The summed E-state index contributed by atoms with van der Waals surface area (Å²) in [6.45, 7) is 9.65. The van der Waals surface area contributed by atoms with Crippen LogP contribution in [0.25, 0.3) is 0 Å². The van der Waals surface area contributed by atoms with E-state index in [4.69, 9.17) is 5.73 Å². The van der Waals surface area contributed by atoms with E-state index in [0.717, 1.165) is 44.7 Å². The molecule has 1 amide bonds. The second kappa shape index (κ2) is 10.1. The van der Waals surface area contributed by atoms with E-state index < -0.39 is 0 Å². The molecule has 0 aromatic rings. The van der Waals surface area contributed by atoms with Crippen molar-refractivity contribution in [3.05, 3.63) is 0 Å². The molecule has 1 saturated heterocycles. The molecule has 1 saturated carbocycles. The maximum absolute atomic E-state index is 12.5. The van der Waals surface area contributed by atoms with Crippen molar-refractivity contribution in [3.8, 4) is 0 Å². The van der Waals surface area contributed by atoms with Crippen LogP contribution in [-0.4, -0.2) is 42.0 Å². The topological polar surface area (TPSA) is 58.4 Å². The number of nitrogens with two attached hydrogens (primary N) is 1. The molecular weight excluding hydrogens is 333 g/mol. The van der Waals surface area contributed by atoms with Crippen molar-refractivity contribution in [1.29, 1.82) is 0 Å². The molecule has 2 aliphatic rings. The zero-order valence-electron chi connectivity index (χ0n) is 14.8. The third kappa shape index (κ3) is 6.41. The largest absolute Gasteiger partial charge is 0.354 e. The van der Waals surface area contributed by atoms with Crippen LogP contribution in [0.4, 0.5) is 0 Å². The van der Waals surface area contributed by atoms with Crippen LogP contribution >= 0.6 is 24.8 Å². The number of halogens is 2. The lowest BCUT2D eigenvalue weighted by atomic mass is 9.74. The Hall–Kier alpha value is -0.0300. The Morgan fingerprint density at radius 3 is 2.61 bits per heavy atom. The first-order valence-corrected chi connectivity index (χ1v) is 8.71. The van der Waals surface area contributed by atoms with Crippen LogP contribution in [0.2, 0.25) is 0 Å². The third-order valence-corrected chi connectivity index (χ3v) is 5.45. The van der Waals surface area contributed by atoms with E-state index in [2.05, 4.69) is 24.1 Å². The van der Waals surface area contributed by atoms with Gasteiger partial charge in [0.2, 0.25) is 5.91 Å². The van der Waals surface area contributed by atoms with Gasteiger partial charge in [-0.15, -0.1) is 24.8 Å². The minimum Gasteiger partial charge on any atom is -0.354 e. The van der Waals surface area contributed by atoms with Crippen molar-refractivity contribution in [2.75, 3.05) is 19.6 Å². The number of carbonyl (C=O) groups excluding carboxylic acids is 1. The van der Waals surface area contributed by atoms with Crippen LogP contribution in [-0.2, 0) is 4.79 Å². The Balaban J connectivity index is 0.00000242. The summed E-state index contributed by atoms with van der Waals surface area (Å²) in [5.41, 5.74) is 5.99. The van der Waals surface area contributed by atoms with Crippen molar-refractivity contribution in [3.63, 3.8) is 0 Å². The molecule has 23 heavy (non-hydrogen) atoms. The molecule has 2 fully saturated rings. The highest BCUT2D eigenvalue weighted by atomic mass is 35.5. The van der Waals surface area contributed by atoms with Gasteiger partial charge >= 0.3 is 0 Å². The van der Waals surface area contributed by atoms with Gasteiger partial charge in [-0.1, -0.05) is 19.8 Å². The first-order chi connectivity index (χ1) is 9.90. The van der Waals surface area contributed by atoms with E-state index in [1.165, 1.54) is 19.4 Å². The first kappa shape index (κ1) is 23.0. The Morgan fingerprint density at radius 1 is 1.30 bits per heavy atom. The summed E-state index contributed by atoms with van der Waals surface area (Å²) < 4.78 is 0. The molecule has 1 aliphatic heterocycles. The van der Waals surface area contributed by atoms with Crippen molar-refractivity contribution in [1.82, 2.24) is 10.2 Å². The Bertz CT molecular complexity index is 366. The maximum Gasteiger partial charge on any atom is 0.225 e. The van der Waals surface area contributed by atoms with E-state index >= 15 is 0 Å². The quantitative estimate of drug-likeness (QED) is 0.802. The normalized spacial score (nSPS) is 33.0. The Kier molecular flexibility index (Phi) is 10.1. The number of piperidine rings is 1. The highest BCUT2D eigenvalue weighted by Gasteiger charge is 2.37. The number of rotatable bonds is 4. The van der Waals surface area contributed by atoms with Crippen LogP contribution in [0.15, 0.2) is 0 Å². The molecule has 4 unspecified atom stereocenters. The van der Waals surface area contributed by atoms with Crippen molar-refractivity contribution in [2.24, 2.45) is 17.6 Å². The Morgan fingerprint density at radius 2 is 2.00 bits per heavy atom. The number of nitrogens with one attached hydrogen (secondary N) is 1. The van der Waals surface area contributed by atoms with Gasteiger partial charge in [0.25, 0.3) is 0 Å². The van der Waals surface area contributed by atoms with Gasteiger partial charge in [0.1, 0.15) is 0 Å². The lowest BCUT2D eigenvalue weighted by molar-refractivity contribution is -0.128.